The number of aliphatic hydroxyl groups is 3. The van der Waals surface area contributed by atoms with E-state index >= 15 is 0 Å². The van der Waals surface area contributed by atoms with Gasteiger partial charge in [0, 0.05) is 5.56 Å². The Hall–Kier alpha value is -4.95. The van der Waals surface area contributed by atoms with Gasteiger partial charge in [-0.3, -0.25) is 0 Å². The van der Waals surface area contributed by atoms with Crippen LogP contribution in [0.2, 0.25) is 0 Å². The van der Waals surface area contributed by atoms with Crippen molar-refractivity contribution in [3.63, 3.8) is 0 Å². The number of hydrogen-bond donors (Lipinski definition) is 3. The SMILES string of the molecule is COc1cccc(C(c2ccccc2)(c2ccccc2)C(O)C(O)CCCC(O)C(=O)OCc2cccc3c2Cc2ccccc2-3)c1OC. The first-order chi connectivity index (χ1) is 23.9. The highest BCUT2D eigenvalue weighted by Crippen LogP contribution is 2.49. The molecule has 0 saturated heterocycles. The van der Waals surface area contributed by atoms with Crippen molar-refractivity contribution in [3.05, 3.63) is 155 Å². The maximum absolute atomic E-state index is 12.9. The fourth-order valence-electron chi connectivity index (χ4n) is 7.27. The van der Waals surface area contributed by atoms with Crippen LogP contribution in [0.5, 0.6) is 11.5 Å². The van der Waals surface area contributed by atoms with Gasteiger partial charge in [0.2, 0.25) is 0 Å². The van der Waals surface area contributed by atoms with Gasteiger partial charge in [-0.2, -0.15) is 0 Å². The first-order valence-electron chi connectivity index (χ1n) is 16.6. The van der Waals surface area contributed by atoms with E-state index in [4.69, 9.17) is 14.2 Å². The van der Waals surface area contributed by atoms with Gasteiger partial charge < -0.3 is 29.5 Å². The van der Waals surface area contributed by atoms with Crippen LogP contribution >= 0.6 is 0 Å². The lowest BCUT2D eigenvalue weighted by molar-refractivity contribution is -0.155. The number of fused-ring (bicyclic) bond motifs is 3. The highest BCUT2D eigenvalue weighted by molar-refractivity contribution is 5.78. The Morgan fingerprint density at radius 2 is 1.35 bits per heavy atom. The lowest BCUT2D eigenvalue weighted by Gasteiger charge is -2.42. The van der Waals surface area contributed by atoms with E-state index in [0.29, 0.717) is 17.1 Å². The first-order valence-corrected chi connectivity index (χ1v) is 16.6. The number of para-hydroxylation sites is 1. The van der Waals surface area contributed by atoms with Gasteiger partial charge in [-0.25, -0.2) is 4.79 Å². The third-order valence-electron chi connectivity index (χ3n) is 9.66. The molecular formula is C42H42O7. The molecule has 0 saturated carbocycles. The van der Waals surface area contributed by atoms with Crippen LogP contribution in [0, 0.1) is 0 Å². The number of benzene rings is 5. The molecule has 0 spiro atoms. The minimum absolute atomic E-state index is 0.0626. The summed E-state index contributed by atoms with van der Waals surface area (Å²) in [5.74, 6) is 0.215. The number of aliphatic hydroxyl groups excluding tert-OH is 3. The van der Waals surface area contributed by atoms with Gasteiger partial charge in [0.1, 0.15) is 6.61 Å². The predicted octanol–water partition coefficient (Wildman–Crippen LogP) is 6.61. The Labute approximate surface area is 287 Å². The average molecular weight is 659 g/mol. The van der Waals surface area contributed by atoms with Crippen LogP contribution in [-0.4, -0.2) is 53.8 Å². The summed E-state index contributed by atoms with van der Waals surface area (Å²) in [5.41, 5.74) is 6.48. The number of hydrogen-bond acceptors (Lipinski definition) is 7. The van der Waals surface area contributed by atoms with E-state index in [1.54, 1.807) is 20.3 Å². The summed E-state index contributed by atoms with van der Waals surface area (Å²) in [7, 11) is 3.11. The maximum Gasteiger partial charge on any atom is 0.335 e. The molecule has 0 fully saturated rings. The average Bonchev–Trinajstić information content (AvgIpc) is 3.54. The Morgan fingerprint density at radius 1 is 0.714 bits per heavy atom. The fraction of sp³-hybridized carbons (Fsp3) is 0.262. The van der Waals surface area contributed by atoms with Gasteiger partial charge in [0.25, 0.3) is 0 Å². The van der Waals surface area contributed by atoms with E-state index in [0.717, 1.165) is 34.2 Å². The molecule has 1 aliphatic carbocycles. The molecule has 0 aromatic heterocycles. The smallest absolute Gasteiger partial charge is 0.335 e. The predicted molar refractivity (Wildman–Crippen MR) is 189 cm³/mol. The van der Waals surface area contributed by atoms with Crippen molar-refractivity contribution in [2.24, 2.45) is 0 Å². The van der Waals surface area contributed by atoms with Gasteiger partial charge in [-0.15, -0.1) is 0 Å². The number of carbonyl (C=O) groups excluding carboxylic acids is 1. The molecule has 1 aliphatic rings. The summed E-state index contributed by atoms with van der Waals surface area (Å²) < 4.78 is 17.1. The summed E-state index contributed by atoms with van der Waals surface area (Å²) in [6, 6.07) is 38.8. The van der Waals surface area contributed by atoms with Crippen molar-refractivity contribution in [3.8, 4) is 22.6 Å². The molecule has 7 heteroatoms. The molecule has 6 rings (SSSR count). The van der Waals surface area contributed by atoms with E-state index < -0.39 is 29.7 Å². The fourth-order valence-corrected chi connectivity index (χ4v) is 7.27. The first kappa shape index (κ1) is 33.9. The van der Waals surface area contributed by atoms with Gasteiger partial charge in [-0.1, -0.05) is 115 Å². The number of carbonyl (C=O) groups is 1. The third-order valence-corrected chi connectivity index (χ3v) is 9.66. The summed E-state index contributed by atoms with van der Waals surface area (Å²) in [6.45, 7) is 0.0629. The van der Waals surface area contributed by atoms with Gasteiger partial charge in [0.15, 0.2) is 17.6 Å². The molecule has 252 valence electrons. The molecule has 3 unspecified atom stereocenters. The quantitative estimate of drug-likeness (QED) is 0.0894. The Kier molecular flexibility index (Phi) is 10.4. The summed E-state index contributed by atoms with van der Waals surface area (Å²) in [4.78, 5) is 12.9. The molecule has 0 amide bonds. The normalized spacial score (nSPS) is 13.9. The van der Waals surface area contributed by atoms with Crippen LogP contribution < -0.4 is 9.47 Å². The highest BCUT2D eigenvalue weighted by atomic mass is 16.5. The van der Waals surface area contributed by atoms with Crippen molar-refractivity contribution in [1.82, 2.24) is 0 Å². The van der Waals surface area contributed by atoms with E-state index in [1.165, 1.54) is 11.1 Å². The van der Waals surface area contributed by atoms with Gasteiger partial charge >= 0.3 is 5.97 Å². The zero-order valence-electron chi connectivity index (χ0n) is 27.8. The summed E-state index contributed by atoms with van der Waals surface area (Å²) >= 11 is 0. The number of methoxy groups -OCH3 is 2. The van der Waals surface area contributed by atoms with E-state index in [1.807, 2.05) is 97.1 Å². The van der Waals surface area contributed by atoms with Crippen molar-refractivity contribution in [1.29, 1.82) is 0 Å². The molecule has 0 aliphatic heterocycles. The van der Waals surface area contributed by atoms with E-state index in [2.05, 4.69) is 18.2 Å². The van der Waals surface area contributed by atoms with Crippen LogP contribution in [-0.2, 0) is 28.0 Å². The minimum atomic E-state index is -1.37. The Morgan fingerprint density at radius 3 is 2.02 bits per heavy atom. The molecule has 0 heterocycles. The molecule has 0 bridgehead atoms. The van der Waals surface area contributed by atoms with Gasteiger partial charge in [0.05, 0.1) is 31.8 Å². The molecule has 3 N–H and O–H groups in total. The Balaban J connectivity index is 1.18. The number of rotatable bonds is 14. The maximum atomic E-state index is 12.9. The third kappa shape index (κ3) is 6.57. The van der Waals surface area contributed by atoms with Crippen molar-refractivity contribution < 1.29 is 34.3 Å². The topological polar surface area (TPSA) is 105 Å². The minimum Gasteiger partial charge on any atom is -0.493 e. The lowest BCUT2D eigenvalue weighted by atomic mass is 9.63. The Bertz CT molecular complexity index is 1830. The zero-order chi connectivity index (χ0) is 34.4. The molecule has 0 radical (unpaired) electrons. The summed E-state index contributed by atoms with van der Waals surface area (Å²) in [5, 5.41) is 34.7. The van der Waals surface area contributed by atoms with Crippen molar-refractivity contribution >= 4 is 5.97 Å². The molecule has 5 aromatic rings. The highest BCUT2D eigenvalue weighted by Gasteiger charge is 2.48. The second-order valence-electron chi connectivity index (χ2n) is 12.4. The standard InChI is InChI=1S/C42H42O7/c1-47-38-25-12-22-35(39(38)48-2)42(30-16-5-3-6-17-30,31-18-7-4-8-19-31)40(45)36(43)23-13-24-37(44)41(46)49-27-29-15-11-21-33-32-20-10-9-14-28(32)26-34(29)33/h3-12,14-22,25,36-37,40,43-45H,13,23-24,26-27H2,1-2H3. The van der Waals surface area contributed by atoms with Crippen molar-refractivity contribution in [2.45, 2.75) is 56.0 Å². The molecule has 3 atom stereocenters. The largest absolute Gasteiger partial charge is 0.493 e. The summed E-state index contributed by atoms with van der Waals surface area (Å²) in [6.07, 6.45) is -2.75. The van der Waals surface area contributed by atoms with Crippen LogP contribution in [0.3, 0.4) is 0 Å². The molecule has 7 nitrogen and oxygen atoms in total. The number of ether oxygens (including phenoxy) is 3. The molecular weight excluding hydrogens is 616 g/mol. The van der Waals surface area contributed by atoms with Crippen LogP contribution in [0.15, 0.2) is 121 Å². The monoisotopic (exact) mass is 658 g/mol. The number of esters is 1. The lowest BCUT2D eigenvalue weighted by Crippen LogP contribution is -2.48. The molecule has 5 aromatic carbocycles. The van der Waals surface area contributed by atoms with Crippen LogP contribution in [0.4, 0.5) is 0 Å². The van der Waals surface area contributed by atoms with Crippen molar-refractivity contribution in [2.75, 3.05) is 14.2 Å². The second-order valence-corrected chi connectivity index (χ2v) is 12.4. The van der Waals surface area contributed by atoms with E-state index in [9.17, 15) is 20.1 Å². The van der Waals surface area contributed by atoms with Gasteiger partial charge in [-0.05, 0) is 70.7 Å². The van der Waals surface area contributed by atoms with Crippen LogP contribution in [0.25, 0.3) is 11.1 Å². The zero-order valence-corrected chi connectivity index (χ0v) is 27.8. The van der Waals surface area contributed by atoms with Crippen LogP contribution in [0.1, 0.15) is 52.6 Å². The molecule has 49 heavy (non-hydrogen) atoms. The second kappa shape index (κ2) is 15.1. The van der Waals surface area contributed by atoms with E-state index in [-0.39, 0.29) is 25.9 Å².